The lowest BCUT2D eigenvalue weighted by molar-refractivity contribution is 0.303. The van der Waals surface area contributed by atoms with Crippen molar-refractivity contribution < 1.29 is 0 Å². The summed E-state index contributed by atoms with van der Waals surface area (Å²) in [6, 6.07) is 17.9. The maximum Gasteiger partial charge on any atom is -0.00119 e. The van der Waals surface area contributed by atoms with Gasteiger partial charge in [-0.05, 0) is 35.8 Å². The first-order valence-electron chi connectivity index (χ1n) is 7.39. The first-order chi connectivity index (χ1) is 9.25. The maximum absolute atomic E-state index is 2.35. The van der Waals surface area contributed by atoms with Gasteiger partial charge in [0, 0.05) is 0 Å². The van der Waals surface area contributed by atoms with Crippen LogP contribution in [0.15, 0.2) is 48.5 Å². The molecule has 0 spiro atoms. The Morgan fingerprint density at radius 3 is 1.70 bits per heavy atom. The van der Waals surface area contributed by atoms with Crippen molar-refractivity contribution in [2.24, 2.45) is 0 Å². The Kier molecular flexibility index (Phi) is 3.77. The van der Waals surface area contributed by atoms with E-state index in [-0.39, 0.29) is 10.8 Å². The van der Waals surface area contributed by atoms with Gasteiger partial charge in [0.2, 0.25) is 0 Å². The molecule has 0 aliphatic heterocycles. The summed E-state index contributed by atoms with van der Waals surface area (Å²) in [4.78, 5) is 0. The van der Waals surface area contributed by atoms with Crippen molar-refractivity contribution in [3.63, 3.8) is 0 Å². The van der Waals surface area contributed by atoms with Crippen LogP contribution in [0.4, 0.5) is 0 Å². The summed E-state index contributed by atoms with van der Waals surface area (Å²) in [6.45, 7) is 13.7. The molecule has 0 atom stereocenters. The zero-order valence-corrected chi connectivity index (χ0v) is 13.6. The summed E-state index contributed by atoms with van der Waals surface area (Å²) in [5.41, 5.74) is 5.61. The lowest BCUT2D eigenvalue weighted by atomic mass is 9.61. The van der Waals surface area contributed by atoms with Crippen molar-refractivity contribution in [2.45, 2.75) is 52.4 Å². The van der Waals surface area contributed by atoms with Gasteiger partial charge in [0.05, 0.1) is 0 Å². The van der Waals surface area contributed by atoms with Gasteiger partial charge < -0.3 is 0 Å². The van der Waals surface area contributed by atoms with Crippen molar-refractivity contribution in [3.05, 3.63) is 70.8 Å². The van der Waals surface area contributed by atoms with E-state index in [1.54, 1.807) is 0 Å². The van der Waals surface area contributed by atoms with Crippen LogP contribution in [0.1, 0.15) is 49.9 Å². The molecule has 0 fully saturated rings. The van der Waals surface area contributed by atoms with Gasteiger partial charge in [0.1, 0.15) is 0 Å². The van der Waals surface area contributed by atoms with Crippen LogP contribution in [0, 0.1) is 13.8 Å². The van der Waals surface area contributed by atoms with Crippen LogP contribution in [0.25, 0.3) is 0 Å². The van der Waals surface area contributed by atoms with Gasteiger partial charge in [-0.1, -0.05) is 87.4 Å². The summed E-state index contributed by atoms with van der Waals surface area (Å²) in [5.74, 6) is 0. The van der Waals surface area contributed by atoms with Crippen LogP contribution < -0.4 is 0 Å². The zero-order chi connectivity index (χ0) is 15.0. The lowest BCUT2D eigenvalue weighted by Crippen LogP contribution is -2.40. The number of benzene rings is 2. The minimum absolute atomic E-state index is 0.0777. The molecule has 0 bridgehead atoms. The number of hydrogen-bond donors (Lipinski definition) is 0. The molecule has 0 N–H and O–H groups in total. The van der Waals surface area contributed by atoms with E-state index >= 15 is 0 Å². The van der Waals surface area contributed by atoms with E-state index < -0.39 is 0 Å². The third kappa shape index (κ3) is 2.52. The molecule has 2 aromatic carbocycles. The zero-order valence-electron chi connectivity index (χ0n) is 13.6. The third-order valence-electron chi connectivity index (χ3n) is 5.08. The molecule has 0 amide bonds. The largest absolute Gasteiger partial charge is 0.0617 e. The average Bonchev–Trinajstić information content (AvgIpc) is 2.39. The highest BCUT2D eigenvalue weighted by Gasteiger charge is 2.39. The average molecular weight is 266 g/mol. The molecule has 0 heterocycles. The minimum Gasteiger partial charge on any atom is -0.0617 e. The van der Waals surface area contributed by atoms with E-state index in [1.807, 2.05) is 0 Å². The fraction of sp³-hybridized carbons (Fsp3) is 0.400. The first-order valence-corrected chi connectivity index (χ1v) is 7.39. The van der Waals surface area contributed by atoms with Gasteiger partial charge >= 0.3 is 0 Å². The Morgan fingerprint density at radius 2 is 1.15 bits per heavy atom. The Balaban J connectivity index is 2.48. The Labute approximate surface area is 123 Å². The second-order valence-corrected chi connectivity index (χ2v) is 6.99. The Bertz CT molecular complexity index is 586. The Morgan fingerprint density at radius 1 is 0.600 bits per heavy atom. The van der Waals surface area contributed by atoms with Gasteiger partial charge in [0.15, 0.2) is 0 Å². The summed E-state index contributed by atoms with van der Waals surface area (Å²) in [7, 11) is 0. The van der Waals surface area contributed by atoms with E-state index in [2.05, 4.69) is 90.1 Å². The van der Waals surface area contributed by atoms with E-state index in [0.717, 1.165) is 0 Å². The normalized spacial score (nSPS) is 12.5. The van der Waals surface area contributed by atoms with E-state index in [0.29, 0.717) is 0 Å². The minimum atomic E-state index is 0.0777. The summed E-state index contributed by atoms with van der Waals surface area (Å²) >= 11 is 0. The van der Waals surface area contributed by atoms with Crippen molar-refractivity contribution >= 4 is 0 Å². The molecule has 0 nitrogen and oxygen atoms in total. The molecular formula is C20H26. The van der Waals surface area contributed by atoms with Crippen LogP contribution in [-0.4, -0.2) is 0 Å². The van der Waals surface area contributed by atoms with Crippen LogP contribution in [0.2, 0.25) is 0 Å². The highest BCUT2D eigenvalue weighted by Crippen LogP contribution is 2.43. The van der Waals surface area contributed by atoms with Gasteiger partial charge in [-0.15, -0.1) is 0 Å². The number of rotatable bonds is 3. The molecule has 0 radical (unpaired) electrons. The van der Waals surface area contributed by atoms with Crippen LogP contribution in [-0.2, 0) is 10.8 Å². The predicted octanol–water partition coefficient (Wildman–Crippen LogP) is 5.56. The maximum atomic E-state index is 2.35. The third-order valence-corrected chi connectivity index (χ3v) is 5.08. The molecule has 0 saturated heterocycles. The second kappa shape index (κ2) is 5.09. The van der Waals surface area contributed by atoms with Crippen LogP contribution in [0.5, 0.6) is 0 Å². The molecule has 0 saturated carbocycles. The standard InChI is InChI=1S/C20H26/c1-15-10-12-17(13-11-15)19(3,4)20(5,6)18-9-7-8-16(2)14-18/h7-14H,1-6H3. The highest BCUT2D eigenvalue weighted by atomic mass is 14.4. The SMILES string of the molecule is Cc1ccc(C(C)(C)C(C)(C)c2cccc(C)c2)cc1. The van der Waals surface area contributed by atoms with Gasteiger partial charge in [-0.25, -0.2) is 0 Å². The van der Waals surface area contributed by atoms with Crippen molar-refractivity contribution in [1.82, 2.24) is 0 Å². The first kappa shape index (κ1) is 14.8. The van der Waals surface area contributed by atoms with Crippen molar-refractivity contribution in [3.8, 4) is 0 Å². The van der Waals surface area contributed by atoms with Gasteiger partial charge in [-0.2, -0.15) is 0 Å². The predicted molar refractivity (Wildman–Crippen MR) is 88.4 cm³/mol. The van der Waals surface area contributed by atoms with E-state index in [1.165, 1.54) is 22.3 Å². The summed E-state index contributed by atoms with van der Waals surface area (Å²) in [6.07, 6.45) is 0. The van der Waals surface area contributed by atoms with Crippen LogP contribution >= 0.6 is 0 Å². The smallest absolute Gasteiger partial charge is 0.00119 e. The molecule has 0 heteroatoms. The lowest BCUT2D eigenvalue weighted by Gasteiger charge is -2.43. The fourth-order valence-corrected chi connectivity index (χ4v) is 2.73. The van der Waals surface area contributed by atoms with Crippen LogP contribution in [0.3, 0.4) is 0 Å². The molecule has 0 aliphatic rings. The topological polar surface area (TPSA) is 0 Å². The molecule has 0 aliphatic carbocycles. The highest BCUT2D eigenvalue weighted by molar-refractivity contribution is 5.38. The number of aryl methyl sites for hydroxylation is 2. The summed E-state index contributed by atoms with van der Waals surface area (Å²) in [5, 5.41) is 0. The molecule has 20 heavy (non-hydrogen) atoms. The van der Waals surface area contributed by atoms with Gasteiger partial charge in [0.25, 0.3) is 0 Å². The molecular weight excluding hydrogens is 240 g/mol. The quantitative estimate of drug-likeness (QED) is 0.682. The van der Waals surface area contributed by atoms with Gasteiger partial charge in [-0.3, -0.25) is 0 Å². The monoisotopic (exact) mass is 266 g/mol. The number of hydrogen-bond acceptors (Lipinski definition) is 0. The van der Waals surface area contributed by atoms with E-state index in [9.17, 15) is 0 Å². The molecule has 2 aromatic rings. The molecule has 0 aromatic heterocycles. The Hall–Kier alpha value is -1.56. The van der Waals surface area contributed by atoms with Crippen molar-refractivity contribution in [2.75, 3.05) is 0 Å². The molecule has 106 valence electrons. The molecule has 2 rings (SSSR count). The van der Waals surface area contributed by atoms with Crippen molar-refractivity contribution in [1.29, 1.82) is 0 Å². The summed E-state index contributed by atoms with van der Waals surface area (Å²) < 4.78 is 0. The second-order valence-electron chi connectivity index (χ2n) is 6.99. The molecule has 0 unspecified atom stereocenters. The fourth-order valence-electron chi connectivity index (χ4n) is 2.73. The van der Waals surface area contributed by atoms with E-state index in [4.69, 9.17) is 0 Å².